The van der Waals surface area contributed by atoms with Crippen molar-refractivity contribution in [3.8, 4) is 5.69 Å². The van der Waals surface area contributed by atoms with Gasteiger partial charge in [-0.15, -0.1) is 5.10 Å². The number of halogens is 3. The zero-order valence-corrected chi connectivity index (χ0v) is 13.1. The first-order valence-electron chi connectivity index (χ1n) is 7.67. The Kier molecular flexibility index (Phi) is 4.29. The molecule has 1 aromatic heterocycles. The first-order chi connectivity index (χ1) is 11.4. The fourth-order valence-corrected chi connectivity index (χ4v) is 2.85. The molecule has 0 spiro atoms. The summed E-state index contributed by atoms with van der Waals surface area (Å²) in [6.45, 7) is 1.65. The lowest BCUT2D eigenvalue weighted by Crippen LogP contribution is -2.33. The zero-order valence-electron chi connectivity index (χ0n) is 13.1. The second kappa shape index (κ2) is 6.26. The molecule has 24 heavy (non-hydrogen) atoms. The second-order valence-corrected chi connectivity index (χ2v) is 5.91. The third kappa shape index (κ3) is 3.27. The lowest BCUT2D eigenvalue weighted by molar-refractivity contribution is -0.171. The van der Waals surface area contributed by atoms with Gasteiger partial charge in [0.05, 0.1) is 29.4 Å². The molecule has 0 radical (unpaired) electrons. The third-order valence-electron chi connectivity index (χ3n) is 4.31. The lowest BCUT2D eigenvalue weighted by Gasteiger charge is -2.17. The van der Waals surface area contributed by atoms with Crippen LogP contribution in [0.1, 0.15) is 17.8 Å². The van der Waals surface area contributed by atoms with Crippen molar-refractivity contribution in [2.45, 2.75) is 25.9 Å². The fraction of sp³-hybridized carbons (Fsp3) is 0.438. The van der Waals surface area contributed by atoms with E-state index in [0.717, 1.165) is 5.69 Å². The van der Waals surface area contributed by atoms with Crippen LogP contribution in [0, 0.1) is 12.8 Å². The van der Waals surface area contributed by atoms with Gasteiger partial charge < -0.3 is 4.90 Å². The standard InChI is InChI=1S/C16H17F3N4O/c1-11-14(20-21-23(11)13-5-3-2-4-6-13)9-15(24)22-8-7-12(10-22)16(17,18)19/h2-6,12H,7-10H2,1H3. The molecular formula is C16H17F3N4O. The van der Waals surface area contributed by atoms with E-state index < -0.39 is 12.1 Å². The number of aromatic nitrogens is 3. The summed E-state index contributed by atoms with van der Waals surface area (Å²) in [7, 11) is 0. The maximum atomic E-state index is 12.7. The van der Waals surface area contributed by atoms with Crippen molar-refractivity contribution in [3.05, 3.63) is 41.7 Å². The van der Waals surface area contributed by atoms with Crippen molar-refractivity contribution in [2.75, 3.05) is 13.1 Å². The Bertz CT molecular complexity index is 727. The number of carbonyl (C=O) groups excluding carboxylic acids is 1. The Balaban J connectivity index is 1.69. The number of nitrogens with zero attached hydrogens (tertiary/aromatic N) is 4. The van der Waals surface area contributed by atoms with Crippen molar-refractivity contribution < 1.29 is 18.0 Å². The molecule has 2 aromatic rings. The van der Waals surface area contributed by atoms with Crippen LogP contribution in [0.5, 0.6) is 0 Å². The van der Waals surface area contributed by atoms with E-state index in [-0.39, 0.29) is 31.8 Å². The van der Waals surface area contributed by atoms with Gasteiger partial charge >= 0.3 is 6.18 Å². The van der Waals surface area contributed by atoms with Crippen LogP contribution in [0.15, 0.2) is 30.3 Å². The Morgan fingerprint density at radius 1 is 1.29 bits per heavy atom. The maximum absolute atomic E-state index is 12.7. The molecule has 2 heterocycles. The summed E-state index contributed by atoms with van der Waals surface area (Å²) in [4.78, 5) is 13.5. The van der Waals surface area contributed by atoms with Crippen LogP contribution >= 0.6 is 0 Å². The molecule has 1 unspecified atom stereocenters. The van der Waals surface area contributed by atoms with E-state index in [0.29, 0.717) is 11.4 Å². The molecule has 1 atom stereocenters. The van der Waals surface area contributed by atoms with Crippen molar-refractivity contribution in [1.29, 1.82) is 0 Å². The summed E-state index contributed by atoms with van der Waals surface area (Å²) in [5.41, 5.74) is 2.01. The van der Waals surface area contributed by atoms with Gasteiger partial charge in [0.2, 0.25) is 5.91 Å². The predicted octanol–water partition coefficient (Wildman–Crippen LogP) is 2.53. The molecule has 5 nitrogen and oxygen atoms in total. The topological polar surface area (TPSA) is 51.0 Å². The molecule has 0 bridgehead atoms. The highest BCUT2D eigenvalue weighted by Crippen LogP contribution is 2.33. The van der Waals surface area contributed by atoms with Crippen LogP contribution in [0.4, 0.5) is 13.2 Å². The fourth-order valence-electron chi connectivity index (χ4n) is 2.85. The molecule has 0 aliphatic carbocycles. The number of likely N-dealkylation sites (tertiary alicyclic amines) is 1. The SMILES string of the molecule is Cc1c(CC(=O)N2CCC(C(F)(F)F)C2)nnn1-c1ccccc1. The number of hydrogen-bond donors (Lipinski definition) is 0. The Hall–Kier alpha value is -2.38. The van der Waals surface area contributed by atoms with Gasteiger partial charge in [-0.3, -0.25) is 4.79 Å². The molecule has 1 fully saturated rings. The molecule has 1 aromatic carbocycles. The van der Waals surface area contributed by atoms with Crippen molar-refractivity contribution >= 4 is 5.91 Å². The van der Waals surface area contributed by atoms with Gasteiger partial charge in [0.25, 0.3) is 0 Å². The summed E-state index contributed by atoms with van der Waals surface area (Å²) in [5.74, 6) is -1.77. The number of rotatable bonds is 3. The van der Waals surface area contributed by atoms with Gasteiger partial charge in [-0.2, -0.15) is 13.2 Å². The molecule has 8 heteroatoms. The molecule has 1 saturated heterocycles. The normalized spacial score (nSPS) is 18.2. The van der Waals surface area contributed by atoms with E-state index in [2.05, 4.69) is 10.3 Å². The van der Waals surface area contributed by atoms with Gasteiger partial charge in [-0.1, -0.05) is 23.4 Å². The average Bonchev–Trinajstić information content (AvgIpc) is 3.16. The summed E-state index contributed by atoms with van der Waals surface area (Å²) < 4.78 is 39.8. The monoisotopic (exact) mass is 338 g/mol. The zero-order chi connectivity index (χ0) is 17.3. The second-order valence-electron chi connectivity index (χ2n) is 5.91. The van der Waals surface area contributed by atoms with Crippen molar-refractivity contribution in [3.63, 3.8) is 0 Å². The smallest absolute Gasteiger partial charge is 0.342 e. The number of carbonyl (C=O) groups is 1. The minimum Gasteiger partial charge on any atom is -0.342 e. The molecule has 0 N–H and O–H groups in total. The first kappa shape index (κ1) is 16.5. The highest BCUT2D eigenvalue weighted by molar-refractivity contribution is 5.78. The van der Waals surface area contributed by atoms with Crippen LogP contribution in [0.2, 0.25) is 0 Å². The van der Waals surface area contributed by atoms with Crippen LogP contribution in [0.3, 0.4) is 0 Å². The quantitative estimate of drug-likeness (QED) is 0.864. The van der Waals surface area contributed by atoms with Gasteiger partial charge in [-0.05, 0) is 25.5 Å². The minimum absolute atomic E-state index is 0.0368. The van der Waals surface area contributed by atoms with E-state index in [1.165, 1.54) is 4.90 Å². The molecule has 1 aliphatic rings. The maximum Gasteiger partial charge on any atom is 0.393 e. The van der Waals surface area contributed by atoms with Crippen LogP contribution in [-0.4, -0.2) is 45.1 Å². The number of hydrogen-bond acceptors (Lipinski definition) is 3. The van der Waals surface area contributed by atoms with Crippen LogP contribution in [-0.2, 0) is 11.2 Å². The van der Waals surface area contributed by atoms with Gasteiger partial charge in [0.15, 0.2) is 0 Å². The number of amides is 1. The molecular weight excluding hydrogens is 321 g/mol. The summed E-state index contributed by atoms with van der Waals surface area (Å²) in [5, 5.41) is 8.05. The highest BCUT2D eigenvalue weighted by Gasteiger charge is 2.44. The average molecular weight is 338 g/mol. The van der Waals surface area contributed by atoms with Gasteiger partial charge in [0, 0.05) is 13.1 Å². The van der Waals surface area contributed by atoms with Crippen LogP contribution < -0.4 is 0 Å². The molecule has 3 rings (SSSR count). The van der Waals surface area contributed by atoms with Crippen LogP contribution in [0.25, 0.3) is 5.69 Å². The predicted molar refractivity (Wildman–Crippen MR) is 80.5 cm³/mol. The van der Waals surface area contributed by atoms with Crippen molar-refractivity contribution in [1.82, 2.24) is 19.9 Å². The van der Waals surface area contributed by atoms with E-state index in [4.69, 9.17) is 0 Å². The Morgan fingerprint density at radius 3 is 2.62 bits per heavy atom. The number of benzene rings is 1. The van der Waals surface area contributed by atoms with Crippen molar-refractivity contribution in [2.24, 2.45) is 5.92 Å². The van der Waals surface area contributed by atoms with E-state index in [1.807, 2.05) is 30.3 Å². The van der Waals surface area contributed by atoms with E-state index in [1.54, 1.807) is 11.6 Å². The highest BCUT2D eigenvalue weighted by atomic mass is 19.4. The number of para-hydroxylation sites is 1. The summed E-state index contributed by atoms with van der Waals surface area (Å²) >= 11 is 0. The molecule has 0 saturated carbocycles. The molecule has 1 aliphatic heterocycles. The summed E-state index contributed by atoms with van der Waals surface area (Å²) in [6.07, 6.45) is -4.32. The van der Waals surface area contributed by atoms with Gasteiger partial charge in [0.1, 0.15) is 0 Å². The summed E-state index contributed by atoms with van der Waals surface area (Å²) in [6, 6.07) is 9.33. The molecule has 1 amide bonds. The number of alkyl halides is 3. The first-order valence-corrected chi connectivity index (χ1v) is 7.67. The third-order valence-corrected chi connectivity index (χ3v) is 4.31. The molecule has 128 valence electrons. The Morgan fingerprint density at radius 2 is 2.00 bits per heavy atom. The van der Waals surface area contributed by atoms with Gasteiger partial charge in [-0.25, -0.2) is 4.68 Å². The van der Waals surface area contributed by atoms with E-state index >= 15 is 0 Å². The lowest BCUT2D eigenvalue weighted by atomic mass is 10.1. The largest absolute Gasteiger partial charge is 0.393 e. The minimum atomic E-state index is -4.25. The Labute approximate surface area is 137 Å². The van der Waals surface area contributed by atoms with E-state index in [9.17, 15) is 18.0 Å².